The van der Waals surface area contributed by atoms with Crippen LogP contribution in [0.15, 0.2) is 73.2 Å². The molecule has 8 nitrogen and oxygen atoms in total. The zero-order valence-corrected chi connectivity index (χ0v) is 20.3. The number of anilines is 2. The Labute approximate surface area is 222 Å². The normalized spacial score (nSPS) is 12.1. The van der Waals surface area contributed by atoms with Gasteiger partial charge in [0.2, 0.25) is 0 Å². The van der Waals surface area contributed by atoms with Crippen molar-refractivity contribution in [2.24, 2.45) is 0 Å². The molecule has 0 saturated heterocycles. The summed E-state index contributed by atoms with van der Waals surface area (Å²) in [5, 5.41) is 10.3. The lowest BCUT2D eigenvalue weighted by Gasteiger charge is -2.24. The number of nitrogens with one attached hydrogen (secondary N) is 3. The third kappa shape index (κ3) is 6.39. The summed E-state index contributed by atoms with van der Waals surface area (Å²) >= 11 is 0. The molecule has 0 saturated carbocycles. The van der Waals surface area contributed by atoms with E-state index in [1.54, 1.807) is 36.7 Å². The summed E-state index contributed by atoms with van der Waals surface area (Å²) in [4.78, 5) is 23.7. The molecule has 0 unspecified atom stereocenters. The highest BCUT2D eigenvalue weighted by Crippen LogP contribution is 2.27. The first-order chi connectivity index (χ1) is 18.9. The van der Waals surface area contributed by atoms with Gasteiger partial charge in [-0.2, -0.15) is 31.4 Å². The second-order valence-corrected chi connectivity index (χ2v) is 8.83. The van der Waals surface area contributed by atoms with Crippen LogP contribution < -0.4 is 5.32 Å². The van der Waals surface area contributed by atoms with Crippen molar-refractivity contribution in [1.82, 2.24) is 30.0 Å². The third-order valence-electron chi connectivity index (χ3n) is 5.78. The lowest BCUT2D eigenvalue weighted by Crippen LogP contribution is -2.44. The molecule has 0 bridgehead atoms. The Morgan fingerprint density at radius 1 is 0.875 bits per heavy atom. The minimum absolute atomic E-state index is 0.286. The second-order valence-electron chi connectivity index (χ2n) is 8.83. The fourth-order valence-corrected chi connectivity index (χ4v) is 4.05. The van der Waals surface area contributed by atoms with Crippen LogP contribution in [-0.2, 0) is 0 Å². The third-order valence-corrected chi connectivity index (χ3v) is 5.78. The standard InChI is InChI=1S/C26H19F6N7O/c27-25(28,29)13-39(14-26(30,31)32)24(40)21-9-16-1-2-17(10-20(16)37-21)23-33-8-7-22(38-23)36-19-5-3-15(4-6-19)18-11-34-35-12-18/h1-12,37H,13-14H2,(H,34,35)(H,33,36,38). The topological polar surface area (TPSA) is 103 Å². The Balaban J connectivity index is 1.36. The lowest BCUT2D eigenvalue weighted by molar-refractivity contribution is -0.171. The number of aromatic nitrogens is 5. The van der Waals surface area contributed by atoms with Crippen molar-refractivity contribution in [2.45, 2.75) is 12.4 Å². The molecule has 0 radical (unpaired) electrons. The summed E-state index contributed by atoms with van der Waals surface area (Å²) < 4.78 is 77.1. The average Bonchev–Trinajstić information content (AvgIpc) is 3.57. The lowest BCUT2D eigenvalue weighted by atomic mass is 10.1. The predicted molar refractivity (Wildman–Crippen MR) is 135 cm³/mol. The first kappa shape index (κ1) is 26.7. The molecule has 40 heavy (non-hydrogen) atoms. The molecule has 0 atom stereocenters. The van der Waals surface area contributed by atoms with Crippen LogP contribution >= 0.6 is 0 Å². The van der Waals surface area contributed by atoms with Crippen molar-refractivity contribution in [1.29, 1.82) is 0 Å². The van der Waals surface area contributed by atoms with Gasteiger partial charge in [0, 0.05) is 40.1 Å². The quantitative estimate of drug-likeness (QED) is 0.203. The van der Waals surface area contributed by atoms with E-state index in [2.05, 4.69) is 30.5 Å². The van der Waals surface area contributed by atoms with Gasteiger partial charge in [0.05, 0.1) is 6.20 Å². The number of amides is 1. The highest BCUT2D eigenvalue weighted by atomic mass is 19.4. The van der Waals surface area contributed by atoms with E-state index in [-0.39, 0.29) is 4.90 Å². The number of hydrogen-bond acceptors (Lipinski definition) is 5. The van der Waals surface area contributed by atoms with Gasteiger partial charge in [-0.15, -0.1) is 0 Å². The monoisotopic (exact) mass is 559 g/mol. The average molecular weight is 559 g/mol. The Morgan fingerprint density at radius 2 is 1.57 bits per heavy atom. The van der Waals surface area contributed by atoms with Crippen LogP contribution in [-0.4, -0.2) is 61.4 Å². The zero-order chi connectivity index (χ0) is 28.5. The van der Waals surface area contributed by atoms with Crippen LogP contribution in [0.1, 0.15) is 10.5 Å². The summed E-state index contributed by atoms with van der Waals surface area (Å²) in [7, 11) is 0. The Bertz CT molecular complexity index is 1610. The maximum absolute atomic E-state index is 12.9. The maximum atomic E-state index is 12.9. The van der Waals surface area contributed by atoms with Gasteiger partial charge in [-0.3, -0.25) is 9.89 Å². The first-order valence-corrected chi connectivity index (χ1v) is 11.7. The van der Waals surface area contributed by atoms with Crippen molar-refractivity contribution in [3.05, 3.63) is 78.9 Å². The fraction of sp³-hybridized carbons (Fsp3) is 0.154. The molecule has 3 N–H and O–H groups in total. The van der Waals surface area contributed by atoms with E-state index in [1.807, 2.05) is 24.3 Å². The maximum Gasteiger partial charge on any atom is 0.406 e. The summed E-state index contributed by atoms with van der Waals surface area (Å²) in [6, 6.07) is 15.2. The molecule has 206 valence electrons. The van der Waals surface area contributed by atoms with Crippen molar-refractivity contribution < 1.29 is 31.1 Å². The van der Waals surface area contributed by atoms with Gasteiger partial charge >= 0.3 is 12.4 Å². The van der Waals surface area contributed by atoms with E-state index in [0.29, 0.717) is 28.1 Å². The predicted octanol–water partition coefficient (Wildman–Crippen LogP) is 6.33. The minimum atomic E-state index is -5.00. The summed E-state index contributed by atoms with van der Waals surface area (Å²) in [5.41, 5.74) is 3.10. The van der Waals surface area contributed by atoms with E-state index in [1.165, 1.54) is 12.3 Å². The van der Waals surface area contributed by atoms with E-state index in [4.69, 9.17) is 0 Å². The van der Waals surface area contributed by atoms with E-state index in [9.17, 15) is 31.1 Å². The van der Waals surface area contributed by atoms with Crippen LogP contribution in [0.2, 0.25) is 0 Å². The van der Waals surface area contributed by atoms with Crippen molar-refractivity contribution in [3.8, 4) is 22.5 Å². The number of carbonyl (C=O) groups excluding carboxylic acids is 1. The molecule has 14 heteroatoms. The van der Waals surface area contributed by atoms with Gasteiger partial charge in [0.1, 0.15) is 24.6 Å². The zero-order valence-electron chi connectivity index (χ0n) is 20.3. The molecule has 1 amide bonds. The number of fused-ring (bicyclic) bond motifs is 1. The second kappa shape index (κ2) is 10.4. The number of nitrogens with zero attached hydrogens (tertiary/aromatic N) is 4. The SMILES string of the molecule is O=C(c1cc2ccc(-c3nccc(Nc4ccc(-c5cn[nH]c5)cc4)n3)cc2[nH]1)N(CC(F)(F)F)CC(F)(F)F. The molecule has 0 aliphatic heterocycles. The number of carbonyl (C=O) groups is 1. The number of rotatable bonds is 7. The molecule has 5 aromatic rings. The molecule has 2 aromatic carbocycles. The summed E-state index contributed by atoms with van der Waals surface area (Å²) in [6.45, 7) is -4.07. The van der Waals surface area contributed by atoms with Gasteiger partial charge in [-0.25, -0.2) is 9.97 Å². The van der Waals surface area contributed by atoms with Crippen molar-refractivity contribution in [2.75, 3.05) is 18.4 Å². The van der Waals surface area contributed by atoms with Crippen LogP contribution in [0.4, 0.5) is 37.8 Å². The Hall–Kier alpha value is -4.88. The molecule has 0 spiro atoms. The van der Waals surface area contributed by atoms with Gasteiger partial charge in [-0.1, -0.05) is 24.3 Å². The highest BCUT2D eigenvalue weighted by Gasteiger charge is 2.40. The molecular formula is C26H19F6N7O. The molecule has 5 rings (SSSR count). The first-order valence-electron chi connectivity index (χ1n) is 11.7. The van der Waals surface area contributed by atoms with Crippen LogP contribution in [0, 0.1) is 0 Å². The smallest absolute Gasteiger partial charge is 0.351 e. The number of halogens is 6. The van der Waals surface area contributed by atoms with E-state index < -0.39 is 37.0 Å². The molecule has 0 aliphatic carbocycles. The van der Waals surface area contributed by atoms with Gasteiger partial charge in [-0.05, 0) is 35.9 Å². The number of benzene rings is 2. The Morgan fingerprint density at radius 3 is 2.23 bits per heavy atom. The van der Waals surface area contributed by atoms with Gasteiger partial charge in [0.25, 0.3) is 5.91 Å². The van der Waals surface area contributed by atoms with Crippen LogP contribution in [0.5, 0.6) is 0 Å². The van der Waals surface area contributed by atoms with Crippen molar-refractivity contribution in [3.63, 3.8) is 0 Å². The minimum Gasteiger partial charge on any atom is -0.351 e. The number of aromatic amines is 2. The van der Waals surface area contributed by atoms with Gasteiger partial charge < -0.3 is 15.2 Å². The van der Waals surface area contributed by atoms with Gasteiger partial charge in [0.15, 0.2) is 5.82 Å². The molecule has 0 aliphatic rings. The Kier molecular flexibility index (Phi) is 6.92. The van der Waals surface area contributed by atoms with E-state index in [0.717, 1.165) is 16.8 Å². The summed E-state index contributed by atoms with van der Waals surface area (Å²) in [6.07, 6.45) is -4.98. The number of alkyl halides is 6. The van der Waals surface area contributed by atoms with Crippen molar-refractivity contribution >= 4 is 28.3 Å². The molecule has 3 heterocycles. The summed E-state index contributed by atoms with van der Waals surface area (Å²) in [5.74, 6) is -0.632. The molecule has 0 fully saturated rings. The van der Waals surface area contributed by atoms with Crippen LogP contribution in [0.3, 0.4) is 0 Å². The van der Waals surface area contributed by atoms with E-state index >= 15 is 0 Å². The number of hydrogen-bond donors (Lipinski definition) is 3. The molecular weight excluding hydrogens is 540 g/mol. The fourth-order valence-electron chi connectivity index (χ4n) is 4.05. The van der Waals surface area contributed by atoms with Crippen LogP contribution in [0.25, 0.3) is 33.4 Å². The number of H-pyrrole nitrogens is 2. The molecule has 3 aromatic heterocycles. The largest absolute Gasteiger partial charge is 0.406 e. The highest BCUT2D eigenvalue weighted by molar-refractivity contribution is 5.98.